The lowest BCUT2D eigenvalue weighted by Gasteiger charge is -2.13. The van der Waals surface area contributed by atoms with Crippen LogP contribution in [0.2, 0.25) is 0 Å². The lowest BCUT2D eigenvalue weighted by molar-refractivity contribution is 0.0695. The van der Waals surface area contributed by atoms with Crippen molar-refractivity contribution in [3.63, 3.8) is 0 Å². The van der Waals surface area contributed by atoms with Crippen molar-refractivity contribution in [2.24, 2.45) is 0 Å². The van der Waals surface area contributed by atoms with Crippen molar-refractivity contribution < 1.29 is 27.5 Å². The summed E-state index contributed by atoms with van der Waals surface area (Å²) >= 11 is 0. The molecular weight excluding hydrogens is 360 g/mol. The van der Waals surface area contributed by atoms with Crippen LogP contribution in [-0.4, -0.2) is 31.4 Å². The molecule has 0 fully saturated rings. The number of carbonyl (C=O) groups excluding carboxylic acids is 1. The first-order chi connectivity index (χ1) is 12.2. The van der Waals surface area contributed by atoms with Crippen LogP contribution in [0.1, 0.15) is 45.9 Å². The molecule has 1 aromatic carbocycles. The highest BCUT2D eigenvalue weighted by Crippen LogP contribution is 2.13. The minimum Gasteiger partial charge on any atom is -0.478 e. The zero-order valence-electron chi connectivity index (χ0n) is 14.4. The molecule has 3 N–H and O–H groups in total. The van der Waals surface area contributed by atoms with Crippen LogP contribution in [0.4, 0.5) is 0 Å². The fourth-order valence-electron chi connectivity index (χ4n) is 2.31. The Labute approximate surface area is 151 Å². The summed E-state index contributed by atoms with van der Waals surface area (Å²) in [6.45, 7) is 3.55. The smallest absolute Gasteiger partial charge is 0.338 e. The van der Waals surface area contributed by atoms with Crippen LogP contribution in [0.25, 0.3) is 0 Å². The highest BCUT2D eigenvalue weighted by atomic mass is 32.2. The lowest BCUT2D eigenvalue weighted by atomic mass is 10.1. The van der Waals surface area contributed by atoms with E-state index < -0.39 is 21.9 Å². The molecule has 2 rings (SSSR count). The van der Waals surface area contributed by atoms with Gasteiger partial charge in [-0.3, -0.25) is 4.79 Å². The normalized spacial score (nSPS) is 11.5. The topological polar surface area (TPSA) is 126 Å². The SMILES string of the molecule is CC(C)NS(=O)(=O)Cc1ccccc1CNC(=O)c1cc(C(=O)O)co1. The average molecular weight is 380 g/mol. The fraction of sp³-hybridized carbons (Fsp3) is 0.294. The second-order valence-corrected chi connectivity index (χ2v) is 7.74. The number of hydrogen-bond donors (Lipinski definition) is 3. The molecule has 0 atom stereocenters. The van der Waals surface area contributed by atoms with Gasteiger partial charge in [-0.1, -0.05) is 24.3 Å². The number of hydrogen-bond acceptors (Lipinski definition) is 5. The molecule has 0 aliphatic heterocycles. The van der Waals surface area contributed by atoms with Gasteiger partial charge in [0.1, 0.15) is 6.26 Å². The van der Waals surface area contributed by atoms with Crippen molar-refractivity contribution in [3.05, 3.63) is 59.0 Å². The van der Waals surface area contributed by atoms with Gasteiger partial charge in [-0.05, 0) is 25.0 Å². The molecule has 0 spiro atoms. The van der Waals surface area contributed by atoms with Crippen molar-refractivity contribution in [1.82, 2.24) is 10.0 Å². The van der Waals surface area contributed by atoms with Crippen molar-refractivity contribution in [2.75, 3.05) is 0 Å². The molecule has 0 radical (unpaired) electrons. The quantitative estimate of drug-likeness (QED) is 0.640. The molecule has 0 aliphatic rings. The summed E-state index contributed by atoms with van der Waals surface area (Å²) in [6.07, 6.45) is 0.981. The predicted molar refractivity (Wildman–Crippen MR) is 94.2 cm³/mol. The van der Waals surface area contributed by atoms with E-state index in [1.54, 1.807) is 38.1 Å². The third-order valence-electron chi connectivity index (χ3n) is 3.39. The van der Waals surface area contributed by atoms with E-state index in [-0.39, 0.29) is 29.7 Å². The molecule has 0 saturated heterocycles. The Bertz CT molecular complexity index is 901. The molecule has 0 saturated carbocycles. The van der Waals surface area contributed by atoms with Gasteiger partial charge >= 0.3 is 5.97 Å². The van der Waals surface area contributed by atoms with Crippen LogP contribution in [0.15, 0.2) is 41.0 Å². The van der Waals surface area contributed by atoms with E-state index in [4.69, 9.17) is 9.52 Å². The first-order valence-corrected chi connectivity index (χ1v) is 9.50. The monoisotopic (exact) mass is 380 g/mol. The van der Waals surface area contributed by atoms with Crippen LogP contribution in [0.3, 0.4) is 0 Å². The predicted octanol–water partition coefficient (Wildman–Crippen LogP) is 1.74. The van der Waals surface area contributed by atoms with Crippen LogP contribution in [-0.2, 0) is 22.3 Å². The average Bonchev–Trinajstić information content (AvgIpc) is 3.02. The second kappa shape index (κ2) is 8.15. The zero-order chi connectivity index (χ0) is 19.3. The Balaban J connectivity index is 2.08. The largest absolute Gasteiger partial charge is 0.478 e. The van der Waals surface area contributed by atoms with E-state index in [1.165, 1.54) is 0 Å². The van der Waals surface area contributed by atoms with Crippen molar-refractivity contribution in [3.8, 4) is 0 Å². The maximum Gasteiger partial charge on any atom is 0.338 e. The maximum absolute atomic E-state index is 12.1. The molecule has 8 nitrogen and oxygen atoms in total. The number of carbonyl (C=O) groups is 2. The minimum absolute atomic E-state index is 0.0787. The van der Waals surface area contributed by atoms with E-state index in [0.29, 0.717) is 11.1 Å². The second-order valence-electron chi connectivity index (χ2n) is 5.99. The molecule has 0 bridgehead atoms. The van der Waals surface area contributed by atoms with Crippen LogP contribution >= 0.6 is 0 Å². The van der Waals surface area contributed by atoms with Crippen molar-refractivity contribution in [2.45, 2.75) is 32.2 Å². The molecule has 9 heteroatoms. The van der Waals surface area contributed by atoms with Gasteiger partial charge in [-0.25, -0.2) is 17.9 Å². The van der Waals surface area contributed by atoms with Gasteiger partial charge in [-0.2, -0.15) is 0 Å². The van der Waals surface area contributed by atoms with E-state index in [2.05, 4.69) is 10.0 Å². The summed E-state index contributed by atoms with van der Waals surface area (Å²) in [5, 5.41) is 11.4. The number of furan rings is 1. The molecule has 0 aliphatic carbocycles. The van der Waals surface area contributed by atoms with Crippen molar-refractivity contribution in [1.29, 1.82) is 0 Å². The fourth-order valence-corrected chi connectivity index (χ4v) is 3.80. The van der Waals surface area contributed by atoms with E-state index >= 15 is 0 Å². The lowest BCUT2D eigenvalue weighted by Crippen LogP contribution is -2.31. The number of amides is 1. The van der Waals surface area contributed by atoms with Crippen LogP contribution < -0.4 is 10.0 Å². The zero-order valence-corrected chi connectivity index (χ0v) is 15.2. The molecular formula is C17H20N2O6S. The van der Waals surface area contributed by atoms with Gasteiger partial charge in [0, 0.05) is 18.7 Å². The number of nitrogens with one attached hydrogen (secondary N) is 2. The molecule has 1 heterocycles. The third-order valence-corrected chi connectivity index (χ3v) is 4.91. The Morgan fingerprint density at radius 3 is 2.42 bits per heavy atom. The molecule has 140 valence electrons. The number of sulfonamides is 1. The number of carboxylic acids is 1. The highest BCUT2D eigenvalue weighted by molar-refractivity contribution is 7.88. The minimum atomic E-state index is -3.50. The maximum atomic E-state index is 12.1. The Hall–Kier alpha value is -2.65. The number of rotatable bonds is 8. The molecule has 1 aromatic heterocycles. The number of carboxylic acid groups (broad SMARTS) is 1. The van der Waals surface area contributed by atoms with Gasteiger partial charge in [-0.15, -0.1) is 0 Å². The molecule has 1 amide bonds. The van der Waals surface area contributed by atoms with Gasteiger partial charge in [0.25, 0.3) is 5.91 Å². The summed E-state index contributed by atoms with van der Waals surface area (Å²) in [6, 6.07) is 7.76. The summed E-state index contributed by atoms with van der Waals surface area (Å²) in [5.74, 6) is -2.12. The summed E-state index contributed by atoms with van der Waals surface area (Å²) in [5.41, 5.74) is 1.08. The van der Waals surface area contributed by atoms with Gasteiger partial charge in [0.15, 0.2) is 5.76 Å². The Morgan fingerprint density at radius 1 is 1.19 bits per heavy atom. The molecule has 0 unspecified atom stereocenters. The van der Waals surface area contributed by atoms with E-state index in [1.807, 2.05) is 0 Å². The van der Waals surface area contributed by atoms with E-state index in [9.17, 15) is 18.0 Å². The van der Waals surface area contributed by atoms with Crippen LogP contribution in [0.5, 0.6) is 0 Å². The highest BCUT2D eigenvalue weighted by Gasteiger charge is 2.17. The number of benzene rings is 1. The van der Waals surface area contributed by atoms with E-state index in [0.717, 1.165) is 12.3 Å². The molecule has 2 aromatic rings. The van der Waals surface area contributed by atoms with Gasteiger partial charge < -0.3 is 14.8 Å². The standard InChI is InChI=1S/C17H20N2O6S/c1-11(2)19-26(23,24)10-13-6-4-3-5-12(13)8-18-16(20)15-7-14(9-25-15)17(21)22/h3-7,9,11,19H,8,10H2,1-2H3,(H,18,20)(H,21,22). The van der Waals surface area contributed by atoms with Gasteiger partial charge in [0.2, 0.25) is 10.0 Å². The Kier molecular flexibility index (Phi) is 6.17. The first kappa shape index (κ1) is 19.7. The van der Waals surface area contributed by atoms with Crippen LogP contribution in [0, 0.1) is 0 Å². The molecule has 26 heavy (non-hydrogen) atoms. The third kappa shape index (κ3) is 5.43. The summed E-state index contributed by atoms with van der Waals surface area (Å²) in [4.78, 5) is 22.9. The summed E-state index contributed by atoms with van der Waals surface area (Å²) in [7, 11) is -3.50. The number of aromatic carboxylic acids is 1. The Morgan fingerprint density at radius 2 is 1.85 bits per heavy atom. The van der Waals surface area contributed by atoms with Crippen molar-refractivity contribution >= 4 is 21.9 Å². The van der Waals surface area contributed by atoms with Gasteiger partial charge in [0.05, 0.1) is 11.3 Å². The summed E-state index contributed by atoms with van der Waals surface area (Å²) < 4.78 is 31.7. The first-order valence-electron chi connectivity index (χ1n) is 7.85.